The van der Waals surface area contributed by atoms with Gasteiger partial charge in [0.15, 0.2) is 11.5 Å². The summed E-state index contributed by atoms with van der Waals surface area (Å²) in [5.41, 5.74) is 1.48. The number of aromatic nitrogens is 1. The van der Waals surface area contributed by atoms with Gasteiger partial charge < -0.3 is 14.2 Å². The van der Waals surface area contributed by atoms with Gasteiger partial charge in [0.05, 0.1) is 18.2 Å². The van der Waals surface area contributed by atoms with Crippen molar-refractivity contribution in [1.29, 1.82) is 5.26 Å². The minimum absolute atomic E-state index is 0.0914. The summed E-state index contributed by atoms with van der Waals surface area (Å²) in [5, 5.41) is 9.15. The van der Waals surface area contributed by atoms with Crippen LogP contribution in [0.2, 0.25) is 0 Å². The molecule has 0 spiro atoms. The molecule has 0 saturated heterocycles. The van der Waals surface area contributed by atoms with Gasteiger partial charge in [-0.25, -0.2) is 4.79 Å². The first-order valence-corrected chi connectivity index (χ1v) is 8.56. The third-order valence-corrected chi connectivity index (χ3v) is 3.90. The second-order valence-electron chi connectivity index (χ2n) is 5.07. The maximum atomic E-state index is 11.8. The second kappa shape index (κ2) is 9.59. The molecule has 0 unspecified atom stereocenters. The Bertz CT molecular complexity index is 845. The molecule has 1 aromatic carbocycles. The number of nitrogens with zero attached hydrogens (tertiary/aromatic N) is 2. The zero-order chi connectivity index (χ0) is 18.9. The average molecular weight is 417 g/mol. The van der Waals surface area contributed by atoms with E-state index >= 15 is 0 Å². The highest BCUT2D eigenvalue weighted by molar-refractivity contribution is 9.10. The van der Waals surface area contributed by atoms with Crippen LogP contribution in [0.5, 0.6) is 11.5 Å². The maximum Gasteiger partial charge on any atom is 0.348 e. The van der Waals surface area contributed by atoms with Crippen LogP contribution in [0.4, 0.5) is 0 Å². The minimum Gasteiger partial charge on any atom is -0.493 e. The van der Waals surface area contributed by atoms with Crippen molar-refractivity contribution in [2.75, 3.05) is 13.7 Å². The Morgan fingerprint density at radius 1 is 1.35 bits per heavy atom. The summed E-state index contributed by atoms with van der Waals surface area (Å²) in [7, 11) is 1.52. The van der Waals surface area contributed by atoms with Gasteiger partial charge in [0.1, 0.15) is 18.2 Å². The molecule has 0 radical (unpaired) electrons. The van der Waals surface area contributed by atoms with Crippen molar-refractivity contribution in [2.45, 2.75) is 13.5 Å². The van der Waals surface area contributed by atoms with Crippen LogP contribution < -0.4 is 9.47 Å². The number of carbonyl (C=O) groups excluding carboxylic acids is 1. The van der Waals surface area contributed by atoms with Crippen LogP contribution in [0.15, 0.2) is 46.7 Å². The Labute approximate surface area is 160 Å². The van der Waals surface area contributed by atoms with Crippen LogP contribution in [0.25, 0.3) is 6.08 Å². The fourth-order valence-corrected chi connectivity index (χ4v) is 2.68. The summed E-state index contributed by atoms with van der Waals surface area (Å²) < 4.78 is 16.7. The molecule has 134 valence electrons. The molecule has 2 rings (SSSR count). The number of hydrogen-bond acceptors (Lipinski definition) is 6. The Balaban J connectivity index is 2.28. The van der Waals surface area contributed by atoms with Crippen molar-refractivity contribution in [3.63, 3.8) is 0 Å². The molecule has 1 heterocycles. The molecule has 0 atom stereocenters. The maximum absolute atomic E-state index is 11.8. The Morgan fingerprint density at radius 2 is 2.08 bits per heavy atom. The summed E-state index contributed by atoms with van der Waals surface area (Å²) in [5.74, 6) is 0.333. The number of halogens is 1. The lowest BCUT2D eigenvalue weighted by Gasteiger charge is -2.13. The van der Waals surface area contributed by atoms with E-state index < -0.39 is 5.97 Å². The molecule has 2 aromatic rings. The number of carbonyl (C=O) groups is 1. The van der Waals surface area contributed by atoms with Gasteiger partial charge in [-0.2, -0.15) is 5.26 Å². The topological polar surface area (TPSA) is 81.4 Å². The molecule has 7 heteroatoms. The van der Waals surface area contributed by atoms with Gasteiger partial charge in [-0.1, -0.05) is 0 Å². The van der Waals surface area contributed by atoms with Crippen molar-refractivity contribution < 1.29 is 19.0 Å². The quantitative estimate of drug-likeness (QED) is 0.386. The smallest absolute Gasteiger partial charge is 0.348 e. The van der Waals surface area contributed by atoms with Crippen LogP contribution >= 0.6 is 15.9 Å². The molecule has 0 N–H and O–H groups in total. The van der Waals surface area contributed by atoms with Gasteiger partial charge in [-0.3, -0.25) is 4.98 Å². The molecule has 1 aromatic heterocycles. The van der Waals surface area contributed by atoms with Gasteiger partial charge in [0.2, 0.25) is 0 Å². The number of nitriles is 1. The van der Waals surface area contributed by atoms with Gasteiger partial charge in [-0.15, -0.1) is 0 Å². The molecule has 0 fully saturated rings. The predicted molar refractivity (Wildman–Crippen MR) is 99.5 cm³/mol. The first-order valence-electron chi connectivity index (χ1n) is 7.77. The van der Waals surface area contributed by atoms with E-state index in [1.807, 2.05) is 18.2 Å². The summed E-state index contributed by atoms with van der Waals surface area (Å²) in [6, 6.07) is 8.98. The van der Waals surface area contributed by atoms with E-state index in [1.165, 1.54) is 13.2 Å². The van der Waals surface area contributed by atoms with Crippen LogP contribution in [0.1, 0.15) is 18.1 Å². The van der Waals surface area contributed by atoms with Crippen molar-refractivity contribution in [1.82, 2.24) is 4.98 Å². The van der Waals surface area contributed by atoms with Crippen molar-refractivity contribution >= 4 is 28.0 Å². The molecule has 0 aliphatic heterocycles. The third-order valence-electron chi connectivity index (χ3n) is 3.31. The molecule has 6 nitrogen and oxygen atoms in total. The fourth-order valence-electron chi connectivity index (χ4n) is 2.11. The second-order valence-corrected chi connectivity index (χ2v) is 5.92. The van der Waals surface area contributed by atoms with Gasteiger partial charge in [-0.05, 0) is 64.3 Å². The summed E-state index contributed by atoms with van der Waals surface area (Å²) in [6.45, 7) is 2.23. The van der Waals surface area contributed by atoms with Crippen molar-refractivity contribution in [2.24, 2.45) is 0 Å². The zero-order valence-electron chi connectivity index (χ0n) is 14.4. The van der Waals surface area contributed by atoms with Gasteiger partial charge in [0.25, 0.3) is 0 Å². The van der Waals surface area contributed by atoms with E-state index in [9.17, 15) is 4.79 Å². The Hall–Kier alpha value is -2.85. The highest BCUT2D eigenvalue weighted by atomic mass is 79.9. The van der Waals surface area contributed by atoms with Crippen molar-refractivity contribution in [3.05, 3.63) is 57.8 Å². The summed E-state index contributed by atoms with van der Waals surface area (Å²) >= 11 is 3.45. The molecular weight excluding hydrogens is 400 g/mol. The summed E-state index contributed by atoms with van der Waals surface area (Å²) in [6.07, 6.45) is 4.83. The molecule has 26 heavy (non-hydrogen) atoms. The average Bonchev–Trinajstić information content (AvgIpc) is 2.65. The van der Waals surface area contributed by atoms with E-state index in [0.29, 0.717) is 28.1 Å². The largest absolute Gasteiger partial charge is 0.493 e. The van der Waals surface area contributed by atoms with Crippen LogP contribution in [-0.4, -0.2) is 24.7 Å². The van der Waals surface area contributed by atoms with Crippen LogP contribution in [0.3, 0.4) is 0 Å². The Kier molecular flexibility index (Phi) is 7.18. The standard InChI is InChI=1S/C19H17BrN2O4/c1-3-25-19(23)15(11-21)8-14-9-16(20)18(17(10-14)24-2)26-12-13-4-6-22-7-5-13/h4-10H,3,12H2,1-2H3/b15-8-. The fraction of sp³-hybridized carbons (Fsp3) is 0.211. The van der Waals surface area contributed by atoms with E-state index in [2.05, 4.69) is 20.9 Å². The first kappa shape index (κ1) is 19.5. The lowest BCUT2D eigenvalue weighted by atomic mass is 10.1. The predicted octanol–water partition coefficient (Wildman–Crippen LogP) is 3.90. The Morgan fingerprint density at radius 3 is 2.69 bits per heavy atom. The number of pyridine rings is 1. The SMILES string of the molecule is CCOC(=O)/C(C#N)=C\c1cc(Br)c(OCc2ccncc2)c(OC)c1. The molecule has 0 aliphatic carbocycles. The van der Waals surface area contributed by atoms with E-state index in [4.69, 9.17) is 19.5 Å². The van der Waals surface area contributed by atoms with E-state index in [0.717, 1.165) is 5.56 Å². The number of hydrogen-bond donors (Lipinski definition) is 0. The van der Waals surface area contributed by atoms with E-state index in [-0.39, 0.29) is 12.2 Å². The number of methoxy groups -OCH3 is 1. The molecule has 0 saturated carbocycles. The lowest BCUT2D eigenvalue weighted by Crippen LogP contribution is -2.06. The molecular formula is C19H17BrN2O4. The van der Waals surface area contributed by atoms with Crippen molar-refractivity contribution in [3.8, 4) is 17.6 Å². The number of rotatable bonds is 7. The van der Waals surface area contributed by atoms with Gasteiger partial charge in [0, 0.05) is 12.4 Å². The molecule has 0 bridgehead atoms. The normalized spacial score (nSPS) is 10.8. The monoisotopic (exact) mass is 416 g/mol. The third kappa shape index (κ3) is 5.07. The number of ether oxygens (including phenoxy) is 3. The zero-order valence-corrected chi connectivity index (χ0v) is 15.9. The molecule has 0 amide bonds. The number of benzene rings is 1. The van der Waals surface area contributed by atoms with Crippen LogP contribution in [-0.2, 0) is 16.1 Å². The van der Waals surface area contributed by atoms with E-state index in [1.54, 1.807) is 31.5 Å². The number of esters is 1. The highest BCUT2D eigenvalue weighted by Gasteiger charge is 2.14. The van der Waals surface area contributed by atoms with Gasteiger partial charge >= 0.3 is 5.97 Å². The molecule has 0 aliphatic rings. The highest BCUT2D eigenvalue weighted by Crippen LogP contribution is 2.37. The summed E-state index contributed by atoms with van der Waals surface area (Å²) in [4.78, 5) is 15.7. The first-order chi connectivity index (χ1) is 12.6. The minimum atomic E-state index is -0.664. The lowest BCUT2D eigenvalue weighted by molar-refractivity contribution is -0.137. The van der Waals surface area contributed by atoms with Crippen LogP contribution in [0, 0.1) is 11.3 Å².